The quantitative estimate of drug-likeness (QED) is 0.205. The number of aromatic nitrogens is 2. The third kappa shape index (κ3) is 5.06. The number of nitrogens with zero attached hydrogens (tertiary/aromatic N) is 2. The van der Waals surface area contributed by atoms with Gasteiger partial charge in [0.2, 0.25) is 0 Å². The predicted molar refractivity (Wildman–Crippen MR) is 239 cm³/mol. The molecule has 0 aliphatic carbocycles. The van der Waals surface area contributed by atoms with Crippen molar-refractivity contribution in [2.24, 2.45) is 0 Å². The van der Waals surface area contributed by atoms with E-state index < -0.39 is 0 Å². The van der Waals surface area contributed by atoms with Gasteiger partial charge in [-0.2, -0.15) is 0 Å². The Kier molecular flexibility index (Phi) is 7.81. The Morgan fingerprint density at radius 2 is 0.827 bits per heavy atom. The first-order valence-corrected chi connectivity index (χ1v) is 18.2. The van der Waals surface area contributed by atoms with Crippen molar-refractivity contribution < 1.29 is 0 Å². The molecule has 1 aromatic heterocycles. The van der Waals surface area contributed by atoms with E-state index in [0.29, 0.717) is 0 Å². The molecule has 0 aliphatic heterocycles. The molecule has 0 radical (unpaired) electrons. The minimum atomic E-state index is 0.989. The number of fused-ring (bicyclic) bond motifs is 3. The monoisotopic (exact) mass is 658 g/mol. The minimum Gasteiger partial charge on any atom is -0.292 e. The summed E-state index contributed by atoms with van der Waals surface area (Å²) < 4.78 is 2.37. The van der Waals surface area contributed by atoms with Crippen molar-refractivity contribution >= 4 is 99.1 Å². The molecule has 0 atom stereocenters. The normalized spacial score (nSPS) is 11.5. The van der Waals surface area contributed by atoms with E-state index in [1.54, 1.807) is 0 Å². The first-order valence-electron chi connectivity index (χ1n) is 18.2. The standard InChI is InChI=1S/C45H35B5N2/c46-40-39(41(47)43(49)44(50)42(40)48)45-51-35-19-8-9-20-36(35)52(45)30-14-10-13-29(25-30)38-33-17-6-4-15-31(33)37(32-16-5-7-18-34(32)38)28-23-21-27(22-24-28)26-11-2-1-3-12-26/h1-25H,46-50H2. The lowest BCUT2D eigenvalue weighted by molar-refractivity contribution is 1.11. The highest BCUT2D eigenvalue weighted by Crippen LogP contribution is 2.44. The van der Waals surface area contributed by atoms with Gasteiger partial charge in [-0.05, 0) is 79.2 Å². The molecule has 0 unspecified atom stereocenters. The third-order valence-corrected chi connectivity index (χ3v) is 11.4. The number of imidazole rings is 1. The van der Waals surface area contributed by atoms with E-state index in [2.05, 4.69) is 195 Å². The van der Waals surface area contributed by atoms with Crippen molar-refractivity contribution in [2.45, 2.75) is 0 Å². The molecule has 0 saturated heterocycles. The van der Waals surface area contributed by atoms with Crippen LogP contribution in [0.15, 0.2) is 152 Å². The van der Waals surface area contributed by atoms with Gasteiger partial charge in [-0.1, -0.05) is 138 Å². The lowest BCUT2D eigenvalue weighted by Crippen LogP contribution is -2.55. The minimum absolute atomic E-state index is 0.989. The maximum atomic E-state index is 5.33. The van der Waals surface area contributed by atoms with Crippen LogP contribution in [0.5, 0.6) is 0 Å². The SMILES string of the molecule is Bc1c(B)c(B)c(-c2nc3ccccc3n2-c2cccc(-c3c4ccccc4c(-c4ccc(-c5ccccc5)cc4)c4ccccc34)c2)c(B)c1B. The molecule has 2 nitrogen and oxygen atoms in total. The van der Waals surface area contributed by atoms with Crippen LogP contribution in [0.2, 0.25) is 0 Å². The van der Waals surface area contributed by atoms with Crippen LogP contribution in [0.25, 0.3) is 83.0 Å². The fraction of sp³-hybridized carbons (Fsp3) is 0. The van der Waals surface area contributed by atoms with Gasteiger partial charge in [-0.25, -0.2) is 4.98 Å². The summed E-state index contributed by atoms with van der Waals surface area (Å²) in [5.41, 5.74) is 18.4. The van der Waals surface area contributed by atoms with Crippen molar-refractivity contribution in [3.05, 3.63) is 152 Å². The van der Waals surface area contributed by atoms with Crippen molar-refractivity contribution in [3.8, 4) is 50.5 Å². The Morgan fingerprint density at radius 1 is 0.365 bits per heavy atom. The zero-order valence-electron chi connectivity index (χ0n) is 30.3. The number of hydrogen-bond acceptors (Lipinski definition) is 1. The van der Waals surface area contributed by atoms with Gasteiger partial charge < -0.3 is 0 Å². The van der Waals surface area contributed by atoms with Crippen LogP contribution in [-0.4, -0.2) is 48.8 Å². The average molecular weight is 658 g/mol. The predicted octanol–water partition coefficient (Wildman–Crippen LogP) is 3.29. The van der Waals surface area contributed by atoms with Crippen LogP contribution < -0.4 is 27.3 Å². The number of para-hydroxylation sites is 2. The molecule has 0 spiro atoms. The zero-order chi connectivity index (χ0) is 35.5. The van der Waals surface area contributed by atoms with Crippen LogP contribution >= 0.6 is 0 Å². The van der Waals surface area contributed by atoms with Crippen LogP contribution in [0.1, 0.15) is 0 Å². The molecule has 0 fully saturated rings. The van der Waals surface area contributed by atoms with E-state index in [-0.39, 0.29) is 0 Å². The number of hydrogen-bond donors (Lipinski definition) is 0. The summed E-state index contributed by atoms with van der Waals surface area (Å²) in [6, 6.07) is 55.0. The van der Waals surface area contributed by atoms with Gasteiger partial charge in [-0.15, -0.1) is 16.4 Å². The molecule has 7 heteroatoms. The highest BCUT2D eigenvalue weighted by atomic mass is 15.1. The largest absolute Gasteiger partial charge is 0.292 e. The van der Waals surface area contributed by atoms with Gasteiger partial charge >= 0.3 is 0 Å². The Balaban J connectivity index is 1.28. The fourth-order valence-electron chi connectivity index (χ4n) is 8.30. The van der Waals surface area contributed by atoms with Crippen LogP contribution in [0.3, 0.4) is 0 Å². The van der Waals surface area contributed by atoms with Gasteiger partial charge in [0.25, 0.3) is 0 Å². The molecule has 1 heterocycles. The summed E-state index contributed by atoms with van der Waals surface area (Å²) in [6.07, 6.45) is 0. The molecule has 9 aromatic rings. The highest BCUT2D eigenvalue weighted by molar-refractivity contribution is 6.68. The summed E-state index contributed by atoms with van der Waals surface area (Å²) in [4.78, 5) is 5.33. The summed E-state index contributed by atoms with van der Waals surface area (Å²) in [7, 11) is 11.2. The van der Waals surface area contributed by atoms with Crippen LogP contribution in [0.4, 0.5) is 0 Å². The fourth-order valence-corrected chi connectivity index (χ4v) is 8.30. The number of benzene rings is 8. The highest BCUT2D eigenvalue weighted by Gasteiger charge is 2.22. The van der Waals surface area contributed by atoms with Crippen LogP contribution in [-0.2, 0) is 0 Å². The Morgan fingerprint density at radius 3 is 1.44 bits per heavy atom. The second kappa shape index (κ2) is 12.7. The Bertz CT molecular complexity index is 2760. The second-order valence-electron chi connectivity index (χ2n) is 14.1. The summed E-state index contributed by atoms with van der Waals surface area (Å²) >= 11 is 0. The smallest absolute Gasteiger partial charge is 0.144 e. The van der Waals surface area contributed by atoms with Crippen LogP contribution in [0, 0.1) is 0 Å². The first kappa shape index (κ1) is 32.0. The third-order valence-electron chi connectivity index (χ3n) is 11.4. The maximum Gasteiger partial charge on any atom is 0.144 e. The van der Waals surface area contributed by atoms with Gasteiger partial charge in [0.05, 0.1) is 11.0 Å². The van der Waals surface area contributed by atoms with Crippen molar-refractivity contribution in [1.82, 2.24) is 9.55 Å². The van der Waals surface area contributed by atoms with E-state index in [1.165, 1.54) is 87.8 Å². The molecule has 0 N–H and O–H groups in total. The summed E-state index contributed by atoms with van der Waals surface area (Å²) in [6.45, 7) is 0. The molecule has 0 aliphatic rings. The van der Waals surface area contributed by atoms with Gasteiger partial charge in [0.15, 0.2) is 0 Å². The van der Waals surface area contributed by atoms with Gasteiger partial charge in [0.1, 0.15) is 45.1 Å². The summed E-state index contributed by atoms with van der Waals surface area (Å²) in [5.74, 6) is 0.989. The topological polar surface area (TPSA) is 17.8 Å². The summed E-state index contributed by atoms with van der Waals surface area (Å²) in [5, 5.41) is 4.99. The van der Waals surface area contributed by atoms with E-state index in [9.17, 15) is 0 Å². The van der Waals surface area contributed by atoms with Crippen molar-refractivity contribution in [2.75, 3.05) is 0 Å². The Labute approximate surface area is 309 Å². The lowest BCUT2D eigenvalue weighted by atomic mass is 9.60. The Hall–Kier alpha value is -5.93. The van der Waals surface area contributed by atoms with E-state index in [4.69, 9.17) is 4.98 Å². The molecule has 8 aromatic carbocycles. The molecule has 9 rings (SSSR count). The van der Waals surface area contributed by atoms with E-state index in [1.807, 2.05) is 0 Å². The first-order chi connectivity index (χ1) is 25.4. The van der Waals surface area contributed by atoms with E-state index in [0.717, 1.165) is 22.5 Å². The molecule has 240 valence electrons. The molecule has 0 saturated carbocycles. The van der Waals surface area contributed by atoms with E-state index >= 15 is 0 Å². The van der Waals surface area contributed by atoms with Gasteiger partial charge in [0, 0.05) is 11.3 Å². The molecule has 0 amide bonds. The van der Waals surface area contributed by atoms with Crippen molar-refractivity contribution in [3.63, 3.8) is 0 Å². The molecule has 52 heavy (non-hydrogen) atoms. The molecule has 0 bridgehead atoms. The number of rotatable bonds is 5. The maximum absolute atomic E-state index is 5.33. The lowest BCUT2D eigenvalue weighted by Gasteiger charge is -2.21. The zero-order valence-corrected chi connectivity index (χ0v) is 30.3. The molecular weight excluding hydrogens is 623 g/mol. The average Bonchev–Trinajstić information content (AvgIpc) is 3.58. The molecular formula is C45H35B5N2. The second-order valence-corrected chi connectivity index (χ2v) is 14.1. The van der Waals surface area contributed by atoms with Gasteiger partial charge in [-0.3, -0.25) is 4.57 Å². The van der Waals surface area contributed by atoms with Crippen molar-refractivity contribution in [1.29, 1.82) is 0 Å².